The van der Waals surface area contributed by atoms with Gasteiger partial charge >= 0.3 is 5.97 Å². The van der Waals surface area contributed by atoms with Crippen LogP contribution < -0.4 is 4.74 Å². The lowest BCUT2D eigenvalue weighted by atomic mass is 10.2. The van der Waals surface area contributed by atoms with Crippen molar-refractivity contribution in [2.75, 3.05) is 13.7 Å². The number of carbonyl (C=O) groups excluding carboxylic acids is 1. The lowest BCUT2D eigenvalue weighted by Crippen LogP contribution is -2.06. The molecule has 2 N–H and O–H groups in total. The summed E-state index contributed by atoms with van der Waals surface area (Å²) in [6.45, 7) is -0.443. The van der Waals surface area contributed by atoms with Gasteiger partial charge in [0.25, 0.3) is 0 Å². The maximum atomic E-state index is 11.9. The van der Waals surface area contributed by atoms with Crippen molar-refractivity contribution in [3.05, 3.63) is 71.8 Å². The number of allylic oxidation sites excluding steroid dienone is 1. The summed E-state index contributed by atoms with van der Waals surface area (Å²) in [5.74, 6) is -0.161. The first-order chi connectivity index (χ1) is 13.6. The highest BCUT2D eigenvalue weighted by Gasteiger charge is 2.14. The molecular formula is C21H17N3O4. The third kappa shape index (κ3) is 4.37. The number of ether oxygens (including phenoxy) is 2. The second-order valence-electron chi connectivity index (χ2n) is 5.75. The van der Waals surface area contributed by atoms with Gasteiger partial charge in [0.1, 0.15) is 24.0 Å². The molecule has 2 aromatic carbocycles. The van der Waals surface area contributed by atoms with E-state index in [-0.39, 0.29) is 17.2 Å². The Hall–Kier alpha value is -4.05. The van der Waals surface area contributed by atoms with Gasteiger partial charge in [0.15, 0.2) is 11.6 Å². The van der Waals surface area contributed by atoms with Crippen LogP contribution >= 0.6 is 0 Å². The third-order valence-electron chi connectivity index (χ3n) is 3.88. The average molecular weight is 375 g/mol. The predicted octanol–water partition coefficient (Wildman–Crippen LogP) is 3.62. The van der Waals surface area contributed by atoms with Gasteiger partial charge in [-0.25, -0.2) is 9.78 Å². The van der Waals surface area contributed by atoms with Crippen LogP contribution in [0.3, 0.4) is 0 Å². The zero-order chi connectivity index (χ0) is 19.9. The van der Waals surface area contributed by atoms with Crippen LogP contribution in [0.4, 0.5) is 0 Å². The van der Waals surface area contributed by atoms with Crippen LogP contribution in [-0.2, 0) is 9.53 Å². The number of aliphatic hydroxyl groups excluding tert-OH is 1. The third-order valence-corrected chi connectivity index (χ3v) is 3.88. The summed E-state index contributed by atoms with van der Waals surface area (Å²) in [6, 6.07) is 16.3. The van der Waals surface area contributed by atoms with Crippen LogP contribution in [0.2, 0.25) is 0 Å². The summed E-state index contributed by atoms with van der Waals surface area (Å²) in [7, 11) is 1.56. The van der Waals surface area contributed by atoms with Crippen molar-refractivity contribution in [3.8, 4) is 11.8 Å². The lowest BCUT2D eigenvalue weighted by Gasteiger charge is -2.03. The molecule has 0 saturated carbocycles. The van der Waals surface area contributed by atoms with Crippen LogP contribution in [0, 0.1) is 11.3 Å². The van der Waals surface area contributed by atoms with E-state index in [1.807, 2.05) is 18.2 Å². The van der Waals surface area contributed by atoms with Crippen molar-refractivity contribution in [2.45, 2.75) is 0 Å². The summed E-state index contributed by atoms with van der Waals surface area (Å²) in [5, 5.41) is 19.5. The zero-order valence-corrected chi connectivity index (χ0v) is 15.0. The van der Waals surface area contributed by atoms with Crippen LogP contribution in [0.5, 0.6) is 5.75 Å². The van der Waals surface area contributed by atoms with Crippen LogP contribution in [0.1, 0.15) is 11.4 Å². The van der Waals surface area contributed by atoms with E-state index < -0.39 is 12.6 Å². The molecule has 7 nitrogen and oxygen atoms in total. The normalized spacial score (nSPS) is 11.9. The molecule has 0 atom stereocenters. The molecule has 0 unspecified atom stereocenters. The molecule has 0 radical (unpaired) electrons. The molecule has 0 aliphatic carbocycles. The highest BCUT2D eigenvalue weighted by atomic mass is 16.5. The number of methoxy groups -OCH3 is 1. The topological polar surface area (TPSA) is 108 Å². The van der Waals surface area contributed by atoms with Gasteiger partial charge in [0.2, 0.25) is 0 Å². The highest BCUT2D eigenvalue weighted by Crippen LogP contribution is 2.19. The van der Waals surface area contributed by atoms with E-state index in [0.717, 1.165) is 11.1 Å². The minimum atomic E-state index is -0.656. The van der Waals surface area contributed by atoms with E-state index in [0.29, 0.717) is 11.3 Å². The number of hydrogen-bond acceptors (Lipinski definition) is 6. The van der Waals surface area contributed by atoms with Crippen molar-refractivity contribution < 1.29 is 19.4 Å². The summed E-state index contributed by atoms with van der Waals surface area (Å²) in [4.78, 5) is 19.1. The predicted molar refractivity (Wildman–Crippen MR) is 104 cm³/mol. The number of aromatic amines is 1. The standard InChI is InChI=1S/C21H17N3O4/c1-27-15-6-4-5-14(11-15)9-10-20(26)28-13-19(25)16(12-22)21-23-17-7-2-3-8-18(17)24-21/h2-11,25H,13H2,1H3,(H,23,24). The van der Waals surface area contributed by atoms with Crippen LogP contribution in [0.25, 0.3) is 22.7 Å². The number of rotatable bonds is 6. The number of esters is 1. The molecule has 0 spiro atoms. The number of nitrogens with zero attached hydrogens (tertiary/aromatic N) is 2. The molecule has 7 heteroatoms. The number of aliphatic hydroxyl groups is 1. The lowest BCUT2D eigenvalue weighted by molar-refractivity contribution is -0.137. The fourth-order valence-electron chi connectivity index (χ4n) is 2.49. The number of para-hydroxylation sites is 2. The maximum absolute atomic E-state index is 11.9. The first-order valence-electron chi connectivity index (χ1n) is 8.37. The molecule has 28 heavy (non-hydrogen) atoms. The van der Waals surface area contributed by atoms with Crippen molar-refractivity contribution in [3.63, 3.8) is 0 Å². The maximum Gasteiger partial charge on any atom is 0.331 e. The monoisotopic (exact) mass is 375 g/mol. The van der Waals surface area contributed by atoms with Gasteiger partial charge in [0.05, 0.1) is 18.1 Å². The molecule has 3 rings (SSSR count). The molecule has 0 saturated heterocycles. The van der Waals surface area contributed by atoms with Gasteiger partial charge in [-0.2, -0.15) is 5.26 Å². The molecule has 140 valence electrons. The van der Waals surface area contributed by atoms with E-state index >= 15 is 0 Å². The van der Waals surface area contributed by atoms with Gasteiger partial charge in [-0.15, -0.1) is 0 Å². The second-order valence-corrected chi connectivity index (χ2v) is 5.75. The number of fused-ring (bicyclic) bond motifs is 1. The number of carbonyl (C=O) groups is 1. The quantitative estimate of drug-likeness (QED) is 0.295. The number of aromatic nitrogens is 2. The summed E-state index contributed by atoms with van der Waals surface area (Å²) in [6.07, 6.45) is 2.80. The van der Waals surface area contributed by atoms with E-state index in [9.17, 15) is 15.2 Å². The Labute approximate surface area is 161 Å². The molecular weight excluding hydrogens is 358 g/mol. The Morgan fingerprint density at radius 3 is 2.86 bits per heavy atom. The smallest absolute Gasteiger partial charge is 0.331 e. The number of benzene rings is 2. The number of imidazole rings is 1. The Kier molecular flexibility index (Phi) is 5.72. The van der Waals surface area contributed by atoms with Crippen molar-refractivity contribution in [1.29, 1.82) is 5.26 Å². The molecule has 0 aliphatic heterocycles. The minimum absolute atomic E-state index is 0.0826. The van der Waals surface area contributed by atoms with E-state index in [1.54, 1.807) is 49.6 Å². The SMILES string of the molecule is COc1cccc(C=CC(=O)OCC(O)=C(C#N)c2nc3ccccc3[nH]2)c1. The average Bonchev–Trinajstić information content (AvgIpc) is 3.15. The largest absolute Gasteiger partial charge is 0.507 e. The Morgan fingerprint density at radius 1 is 1.29 bits per heavy atom. The number of hydrogen-bond donors (Lipinski definition) is 2. The number of H-pyrrole nitrogens is 1. The second kappa shape index (κ2) is 8.56. The van der Waals surface area contributed by atoms with E-state index in [1.165, 1.54) is 6.08 Å². The first kappa shape index (κ1) is 18.7. The zero-order valence-electron chi connectivity index (χ0n) is 15.0. The molecule has 1 heterocycles. The molecule has 3 aromatic rings. The summed E-state index contributed by atoms with van der Waals surface area (Å²) in [5.41, 5.74) is 2.07. The molecule has 0 bridgehead atoms. The fraction of sp³-hybridized carbons (Fsp3) is 0.0952. The Bertz CT molecular complexity index is 1070. The molecule has 0 fully saturated rings. The molecule has 0 amide bonds. The van der Waals surface area contributed by atoms with Gasteiger partial charge in [-0.05, 0) is 35.9 Å². The van der Waals surface area contributed by atoms with Gasteiger partial charge in [-0.1, -0.05) is 24.3 Å². The highest BCUT2D eigenvalue weighted by molar-refractivity contribution is 5.87. The number of nitriles is 1. The van der Waals surface area contributed by atoms with E-state index in [4.69, 9.17) is 9.47 Å². The van der Waals surface area contributed by atoms with Crippen molar-refractivity contribution in [1.82, 2.24) is 9.97 Å². The Balaban J connectivity index is 1.68. The van der Waals surface area contributed by atoms with Gasteiger partial charge < -0.3 is 19.6 Å². The van der Waals surface area contributed by atoms with Gasteiger partial charge in [-0.3, -0.25) is 0 Å². The first-order valence-corrected chi connectivity index (χ1v) is 8.37. The fourth-order valence-corrected chi connectivity index (χ4v) is 2.49. The van der Waals surface area contributed by atoms with Crippen LogP contribution in [0.15, 0.2) is 60.4 Å². The number of nitrogens with one attached hydrogen (secondary N) is 1. The molecule has 1 aromatic heterocycles. The van der Waals surface area contributed by atoms with Gasteiger partial charge in [0, 0.05) is 6.08 Å². The minimum Gasteiger partial charge on any atom is -0.507 e. The van der Waals surface area contributed by atoms with Crippen molar-refractivity contribution in [2.24, 2.45) is 0 Å². The summed E-state index contributed by atoms with van der Waals surface area (Å²) < 4.78 is 10.1. The summed E-state index contributed by atoms with van der Waals surface area (Å²) >= 11 is 0. The van der Waals surface area contributed by atoms with Crippen LogP contribution in [-0.4, -0.2) is 34.8 Å². The molecule has 0 aliphatic rings. The van der Waals surface area contributed by atoms with Crippen molar-refractivity contribution >= 4 is 28.7 Å². The van der Waals surface area contributed by atoms with E-state index in [2.05, 4.69) is 9.97 Å². The Morgan fingerprint density at radius 2 is 2.11 bits per heavy atom.